The first-order chi connectivity index (χ1) is 15.0. The van der Waals surface area contributed by atoms with Crippen molar-refractivity contribution in [1.29, 1.82) is 0 Å². The standard InChI is InChI=1S/C23H25F3N4O/c1-14(17-4-3-5-18(22(17)24)23(25)26)28-21-13-27-29-20-7-6-15(12-19(20)21)30-10-8-16(31-2)9-11-30/h3-7,12-14,16,23H,8-11H2,1-2H3,(H,28,29)/t14-/m1/s1. The van der Waals surface area contributed by atoms with Crippen molar-refractivity contribution >= 4 is 22.3 Å². The van der Waals surface area contributed by atoms with Gasteiger partial charge in [0.15, 0.2) is 0 Å². The molecule has 5 nitrogen and oxygen atoms in total. The highest BCUT2D eigenvalue weighted by molar-refractivity contribution is 5.93. The highest BCUT2D eigenvalue weighted by atomic mass is 19.3. The van der Waals surface area contributed by atoms with E-state index < -0.39 is 23.8 Å². The Hall–Kier alpha value is -2.87. The molecule has 4 rings (SSSR count). The lowest BCUT2D eigenvalue weighted by molar-refractivity contribution is 0.0819. The number of hydrogen-bond donors (Lipinski definition) is 1. The molecule has 0 aliphatic carbocycles. The maximum absolute atomic E-state index is 14.6. The molecule has 0 bridgehead atoms. The van der Waals surface area contributed by atoms with E-state index in [4.69, 9.17) is 4.74 Å². The summed E-state index contributed by atoms with van der Waals surface area (Å²) in [6.07, 6.45) is 0.935. The number of alkyl halides is 2. The summed E-state index contributed by atoms with van der Waals surface area (Å²) in [6.45, 7) is 3.53. The van der Waals surface area contributed by atoms with Crippen molar-refractivity contribution < 1.29 is 17.9 Å². The maximum atomic E-state index is 14.6. The summed E-state index contributed by atoms with van der Waals surface area (Å²) in [6, 6.07) is 9.50. The number of methoxy groups -OCH3 is 1. The van der Waals surface area contributed by atoms with E-state index in [1.54, 1.807) is 20.2 Å². The Morgan fingerprint density at radius 1 is 1.13 bits per heavy atom. The Balaban J connectivity index is 1.61. The smallest absolute Gasteiger partial charge is 0.266 e. The molecule has 1 aliphatic rings. The van der Waals surface area contributed by atoms with Gasteiger partial charge in [-0.3, -0.25) is 0 Å². The lowest BCUT2D eigenvalue weighted by atomic mass is 10.0. The Kier molecular flexibility index (Phi) is 6.27. The number of anilines is 2. The van der Waals surface area contributed by atoms with Crippen LogP contribution in [-0.4, -0.2) is 36.5 Å². The largest absolute Gasteiger partial charge is 0.381 e. The zero-order chi connectivity index (χ0) is 22.0. The summed E-state index contributed by atoms with van der Waals surface area (Å²) >= 11 is 0. The molecule has 8 heteroatoms. The maximum Gasteiger partial charge on any atom is 0.266 e. The average Bonchev–Trinajstić information content (AvgIpc) is 2.79. The molecule has 1 saturated heterocycles. The third-order valence-corrected chi connectivity index (χ3v) is 5.90. The molecule has 1 aromatic heterocycles. The minimum absolute atomic E-state index is 0.181. The summed E-state index contributed by atoms with van der Waals surface area (Å²) in [4.78, 5) is 2.30. The van der Waals surface area contributed by atoms with E-state index in [-0.39, 0.29) is 5.56 Å². The summed E-state index contributed by atoms with van der Waals surface area (Å²) in [5.41, 5.74) is 2.03. The zero-order valence-electron chi connectivity index (χ0n) is 17.5. The van der Waals surface area contributed by atoms with Crippen LogP contribution in [0, 0.1) is 5.82 Å². The molecule has 0 saturated carbocycles. The number of halogens is 3. The summed E-state index contributed by atoms with van der Waals surface area (Å²) < 4.78 is 46.2. The van der Waals surface area contributed by atoms with E-state index in [1.807, 2.05) is 18.2 Å². The van der Waals surface area contributed by atoms with Gasteiger partial charge < -0.3 is 15.0 Å². The van der Waals surface area contributed by atoms with E-state index in [1.165, 1.54) is 12.1 Å². The molecular weight excluding hydrogens is 405 g/mol. The Morgan fingerprint density at radius 3 is 2.58 bits per heavy atom. The minimum atomic E-state index is -2.86. The second kappa shape index (κ2) is 9.09. The van der Waals surface area contributed by atoms with Crippen LogP contribution >= 0.6 is 0 Å². The molecule has 1 fully saturated rings. The highest BCUT2D eigenvalue weighted by Gasteiger charge is 2.21. The third-order valence-electron chi connectivity index (χ3n) is 5.90. The summed E-state index contributed by atoms with van der Waals surface area (Å²) in [5.74, 6) is -0.884. The van der Waals surface area contributed by atoms with Gasteiger partial charge in [-0.15, -0.1) is 0 Å². The van der Waals surface area contributed by atoms with Crippen LogP contribution in [0.2, 0.25) is 0 Å². The van der Waals surface area contributed by atoms with Crippen molar-refractivity contribution in [3.63, 3.8) is 0 Å². The number of hydrogen-bond acceptors (Lipinski definition) is 5. The predicted octanol–water partition coefficient (Wildman–Crippen LogP) is 5.49. The predicted molar refractivity (Wildman–Crippen MR) is 115 cm³/mol. The van der Waals surface area contributed by atoms with E-state index in [0.717, 1.165) is 43.1 Å². The van der Waals surface area contributed by atoms with Crippen molar-refractivity contribution in [2.45, 2.75) is 38.3 Å². The van der Waals surface area contributed by atoms with Crippen LogP contribution in [0.3, 0.4) is 0 Å². The fourth-order valence-corrected chi connectivity index (χ4v) is 4.09. The molecule has 1 N–H and O–H groups in total. The van der Waals surface area contributed by atoms with Gasteiger partial charge >= 0.3 is 0 Å². The van der Waals surface area contributed by atoms with Gasteiger partial charge in [0.1, 0.15) is 5.82 Å². The number of aromatic nitrogens is 2. The van der Waals surface area contributed by atoms with Crippen LogP contribution in [0.4, 0.5) is 24.5 Å². The van der Waals surface area contributed by atoms with E-state index in [2.05, 4.69) is 20.4 Å². The quantitative estimate of drug-likeness (QED) is 0.560. The van der Waals surface area contributed by atoms with Gasteiger partial charge in [0.05, 0.1) is 35.1 Å². The number of nitrogens with one attached hydrogen (secondary N) is 1. The molecule has 2 heterocycles. The van der Waals surface area contributed by atoms with Gasteiger partial charge in [-0.05, 0) is 38.0 Å². The normalized spacial score (nSPS) is 16.1. The van der Waals surface area contributed by atoms with Gasteiger partial charge in [-0.1, -0.05) is 18.2 Å². The number of rotatable bonds is 6. The molecule has 31 heavy (non-hydrogen) atoms. The average molecular weight is 430 g/mol. The number of piperidine rings is 1. The SMILES string of the molecule is COC1CCN(c2ccc3nncc(N[C@H](C)c4cccc(C(F)F)c4F)c3c2)CC1. The van der Waals surface area contributed by atoms with Crippen LogP contribution in [0.5, 0.6) is 0 Å². The lowest BCUT2D eigenvalue weighted by Crippen LogP contribution is -2.36. The molecule has 164 valence electrons. The zero-order valence-corrected chi connectivity index (χ0v) is 17.5. The van der Waals surface area contributed by atoms with Crippen LogP contribution in [0.1, 0.15) is 43.4 Å². The van der Waals surface area contributed by atoms with Crippen molar-refractivity contribution in [3.8, 4) is 0 Å². The topological polar surface area (TPSA) is 50.3 Å². The molecule has 1 atom stereocenters. The minimum Gasteiger partial charge on any atom is -0.381 e. The Morgan fingerprint density at radius 2 is 1.87 bits per heavy atom. The van der Waals surface area contributed by atoms with Crippen LogP contribution in [0.15, 0.2) is 42.6 Å². The van der Waals surface area contributed by atoms with E-state index in [9.17, 15) is 13.2 Å². The molecule has 3 aromatic rings. The lowest BCUT2D eigenvalue weighted by Gasteiger charge is -2.33. The van der Waals surface area contributed by atoms with Gasteiger partial charge in [0.2, 0.25) is 0 Å². The molecule has 1 aliphatic heterocycles. The number of ether oxygens (including phenoxy) is 1. The van der Waals surface area contributed by atoms with Crippen molar-refractivity contribution in [2.24, 2.45) is 0 Å². The Labute approximate surface area is 179 Å². The monoisotopic (exact) mass is 430 g/mol. The van der Waals surface area contributed by atoms with Gasteiger partial charge in [-0.2, -0.15) is 10.2 Å². The number of benzene rings is 2. The van der Waals surface area contributed by atoms with E-state index >= 15 is 0 Å². The molecule has 0 amide bonds. The van der Waals surface area contributed by atoms with Crippen LogP contribution in [0.25, 0.3) is 10.9 Å². The number of nitrogens with zero attached hydrogens (tertiary/aromatic N) is 3. The van der Waals surface area contributed by atoms with Crippen molar-refractivity contribution in [2.75, 3.05) is 30.4 Å². The first-order valence-corrected chi connectivity index (χ1v) is 10.3. The second-order valence-electron chi connectivity index (χ2n) is 7.80. The van der Waals surface area contributed by atoms with Gasteiger partial charge in [0.25, 0.3) is 6.43 Å². The van der Waals surface area contributed by atoms with E-state index in [0.29, 0.717) is 17.3 Å². The van der Waals surface area contributed by atoms with Crippen LogP contribution < -0.4 is 10.2 Å². The number of fused-ring (bicyclic) bond motifs is 1. The molecule has 0 spiro atoms. The van der Waals surface area contributed by atoms with Crippen molar-refractivity contribution in [3.05, 3.63) is 59.5 Å². The molecule has 2 aromatic carbocycles. The first-order valence-electron chi connectivity index (χ1n) is 10.3. The van der Waals surface area contributed by atoms with Crippen LogP contribution in [-0.2, 0) is 4.74 Å². The second-order valence-corrected chi connectivity index (χ2v) is 7.80. The molecule has 0 radical (unpaired) electrons. The first kappa shape index (κ1) is 21.4. The third kappa shape index (κ3) is 4.44. The molecule has 0 unspecified atom stereocenters. The fourth-order valence-electron chi connectivity index (χ4n) is 4.09. The fraction of sp³-hybridized carbons (Fsp3) is 0.391. The van der Waals surface area contributed by atoms with Gasteiger partial charge in [-0.25, -0.2) is 13.2 Å². The Bertz CT molecular complexity index is 1050. The summed E-state index contributed by atoms with van der Waals surface area (Å²) in [7, 11) is 1.74. The van der Waals surface area contributed by atoms with Gasteiger partial charge in [0, 0.05) is 36.8 Å². The highest BCUT2D eigenvalue weighted by Crippen LogP contribution is 2.32. The molecular formula is C23H25F3N4O. The van der Waals surface area contributed by atoms with Crippen molar-refractivity contribution in [1.82, 2.24) is 10.2 Å². The summed E-state index contributed by atoms with van der Waals surface area (Å²) in [5, 5.41) is 12.3.